The molecule has 1 saturated heterocycles. The Balaban J connectivity index is 2.24. The van der Waals surface area contributed by atoms with E-state index < -0.39 is 0 Å². The van der Waals surface area contributed by atoms with Crippen LogP contribution in [0.3, 0.4) is 0 Å². The lowest BCUT2D eigenvalue weighted by Gasteiger charge is -2.36. The molecule has 0 spiro atoms. The van der Waals surface area contributed by atoms with Crippen LogP contribution in [0.1, 0.15) is 58.6 Å². The fourth-order valence-corrected chi connectivity index (χ4v) is 3.57. The van der Waals surface area contributed by atoms with E-state index in [2.05, 4.69) is 50.8 Å². The molecule has 1 heterocycles. The standard InChI is InChI=1S/C18H30N2O/c1-5-16-10-9-14(4)20(16)18(12-19)15-7-6-8-17(11-15)21-13(2)3/h6-8,11,13-14,16,18H,5,9-10,12,19H2,1-4H3. The van der Waals surface area contributed by atoms with Gasteiger partial charge < -0.3 is 10.5 Å². The summed E-state index contributed by atoms with van der Waals surface area (Å²) >= 11 is 0. The Hall–Kier alpha value is -1.06. The van der Waals surface area contributed by atoms with Gasteiger partial charge in [0.05, 0.1) is 6.10 Å². The smallest absolute Gasteiger partial charge is 0.120 e. The maximum Gasteiger partial charge on any atom is 0.120 e. The van der Waals surface area contributed by atoms with E-state index in [1.165, 1.54) is 24.8 Å². The number of ether oxygens (including phenoxy) is 1. The highest BCUT2D eigenvalue weighted by atomic mass is 16.5. The van der Waals surface area contributed by atoms with Gasteiger partial charge in [-0.1, -0.05) is 19.1 Å². The first-order valence-electron chi connectivity index (χ1n) is 8.30. The minimum absolute atomic E-state index is 0.200. The van der Waals surface area contributed by atoms with Crippen LogP contribution in [0.2, 0.25) is 0 Å². The predicted octanol–water partition coefficient (Wildman–Crippen LogP) is 3.74. The predicted molar refractivity (Wildman–Crippen MR) is 88.6 cm³/mol. The first kappa shape index (κ1) is 16.3. The molecule has 1 aliphatic heterocycles. The monoisotopic (exact) mass is 290 g/mol. The fraction of sp³-hybridized carbons (Fsp3) is 0.667. The summed E-state index contributed by atoms with van der Waals surface area (Å²) in [6.07, 6.45) is 3.96. The van der Waals surface area contributed by atoms with Crippen LogP contribution < -0.4 is 10.5 Å². The molecule has 1 aromatic carbocycles. The van der Waals surface area contributed by atoms with Crippen molar-refractivity contribution in [1.82, 2.24) is 4.90 Å². The molecule has 3 unspecified atom stereocenters. The highest BCUT2D eigenvalue weighted by Gasteiger charge is 2.34. The average molecular weight is 290 g/mol. The number of rotatable bonds is 6. The molecule has 3 nitrogen and oxygen atoms in total. The summed E-state index contributed by atoms with van der Waals surface area (Å²) in [7, 11) is 0. The van der Waals surface area contributed by atoms with Crippen molar-refractivity contribution >= 4 is 0 Å². The third-order valence-electron chi connectivity index (χ3n) is 4.52. The molecular formula is C18H30N2O. The molecule has 1 fully saturated rings. The highest BCUT2D eigenvalue weighted by Crippen LogP contribution is 2.35. The molecule has 0 aromatic heterocycles. The molecule has 3 atom stereocenters. The topological polar surface area (TPSA) is 38.5 Å². The van der Waals surface area contributed by atoms with Gasteiger partial charge >= 0.3 is 0 Å². The molecule has 0 radical (unpaired) electrons. The summed E-state index contributed by atoms with van der Waals surface area (Å²) in [6, 6.07) is 10.0. The number of hydrogen-bond acceptors (Lipinski definition) is 3. The summed E-state index contributed by atoms with van der Waals surface area (Å²) in [4.78, 5) is 2.62. The minimum atomic E-state index is 0.200. The van der Waals surface area contributed by atoms with Crippen molar-refractivity contribution in [2.24, 2.45) is 5.73 Å². The Morgan fingerprint density at radius 2 is 2.10 bits per heavy atom. The van der Waals surface area contributed by atoms with Crippen LogP contribution >= 0.6 is 0 Å². The van der Waals surface area contributed by atoms with Crippen molar-refractivity contribution in [2.75, 3.05) is 6.54 Å². The second kappa shape index (κ2) is 7.28. The van der Waals surface area contributed by atoms with Gasteiger partial charge in [-0.05, 0) is 57.7 Å². The third kappa shape index (κ3) is 3.78. The van der Waals surface area contributed by atoms with Gasteiger partial charge in [0.2, 0.25) is 0 Å². The van der Waals surface area contributed by atoms with E-state index in [0.717, 1.165) is 5.75 Å². The van der Waals surface area contributed by atoms with Crippen LogP contribution in [0, 0.1) is 0 Å². The molecule has 2 N–H and O–H groups in total. The van der Waals surface area contributed by atoms with Crippen LogP contribution in [0.5, 0.6) is 5.75 Å². The second-order valence-corrected chi connectivity index (χ2v) is 6.43. The van der Waals surface area contributed by atoms with E-state index in [1.807, 2.05) is 6.07 Å². The minimum Gasteiger partial charge on any atom is -0.491 e. The quantitative estimate of drug-likeness (QED) is 0.867. The molecule has 0 saturated carbocycles. The Morgan fingerprint density at radius 3 is 2.71 bits per heavy atom. The van der Waals surface area contributed by atoms with Crippen LogP contribution in [0.25, 0.3) is 0 Å². The fourth-order valence-electron chi connectivity index (χ4n) is 3.57. The SMILES string of the molecule is CCC1CCC(C)N1C(CN)c1cccc(OC(C)C)c1. The lowest BCUT2D eigenvalue weighted by molar-refractivity contribution is 0.136. The molecule has 0 bridgehead atoms. The van der Waals surface area contributed by atoms with E-state index in [0.29, 0.717) is 24.7 Å². The zero-order valence-electron chi connectivity index (χ0n) is 13.9. The zero-order chi connectivity index (χ0) is 15.4. The third-order valence-corrected chi connectivity index (χ3v) is 4.52. The Labute approximate surface area is 129 Å². The van der Waals surface area contributed by atoms with Crippen molar-refractivity contribution in [2.45, 2.75) is 71.2 Å². The number of benzene rings is 1. The van der Waals surface area contributed by atoms with Crippen LogP contribution in [0.4, 0.5) is 0 Å². The van der Waals surface area contributed by atoms with Crippen molar-refractivity contribution < 1.29 is 4.74 Å². The van der Waals surface area contributed by atoms with Gasteiger partial charge in [-0.25, -0.2) is 0 Å². The van der Waals surface area contributed by atoms with E-state index in [9.17, 15) is 0 Å². The van der Waals surface area contributed by atoms with E-state index in [1.54, 1.807) is 0 Å². The lowest BCUT2D eigenvalue weighted by atomic mass is 10.0. The Morgan fingerprint density at radius 1 is 1.33 bits per heavy atom. The molecule has 1 aliphatic rings. The average Bonchev–Trinajstić information content (AvgIpc) is 2.81. The van der Waals surface area contributed by atoms with Gasteiger partial charge in [0.25, 0.3) is 0 Å². The van der Waals surface area contributed by atoms with Gasteiger partial charge in [0, 0.05) is 24.7 Å². The molecule has 118 valence electrons. The number of nitrogens with two attached hydrogens (primary N) is 1. The van der Waals surface area contributed by atoms with Gasteiger partial charge in [0.1, 0.15) is 5.75 Å². The summed E-state index contributed by atoms with van der Waals surface area (Å²) in [6.45, 7) is 9.38. The maximum absolute atomic E-state index is 6.13. The van der Waals surface area contributed by atoms with E-state index in [4.69, 9.17) is 10.5 Å². The van der Waals surface area contributed by atoms with Gasteiger partial charge in [0.15, 0.2) is 0 Å². The van der Waals surface area contributed by atoms with Crippen LogP contribution in [-0.2, 0) is 0 Å². The summed E-state index contributed by atoms with van der Waals surface area (Å²) in [5.74, 6) is 0.945. The number of nitrogens with zero attached hydrogens (tertiary/aromatic N) is 1. The van der Waals surface area contributed by atoms with Gasteiger partial charge in [-0.15, -0.1) is 0 Å². The highest BCUT2D eigenvalue weighted by molar-refractivity contribution is 5.31. The van der Waals surface area contributed by atoms with Crippen molar-refractivity contribution in [3.05, 3.63) is 29.8 Å². The molecular weight excluding hydrogens is 260 g/mol. The Kier molecular flexibility index (Phi) is 5.65. The molecule has 21 heavy (non-hydrogen) atoms. The van der Waals surface area contributed by atoms with E-state index in [-0.39, 0.29) is 6.10 Å². The Bertz CT molecular complexity index is 447. The maximum atomic E-state index is 6.13. The molecule has 3 heteroatoms. The van der Waals surface area contributed by atoms with Crippen molar-refractivity contribution in [3.8, 4) is 5.75 Å². The molecule has 0 aliphatic carbocycles. The van der Waals surface area contributed by atoms with Crippen molar-refractivity contribution in [1.29, 1.82) is 0 Å². The second-order valence-electron chi connectivity index (χ2n) is 6.43. The largest absolute Gasteiger partial charge is 0.491 e. The zero-order valence-corrected chi connectivity index (χ0v) is 13.9. The number of hydrogen-bond donors (Lipinski definition) is 1. The summed E-state index contributed by atoms with van der Waals surface area (Å²) < 4.78 is 5.83. The summed E-state index contributed by atoms with van der Waals surface area (Å²) in [5.41, 5.74) is 7.41. The normalized spacial score (nSPS) is 24.5. The molecule has 2 rings (SSSR count). The molecule has 0 amide bonds. The lowest BCUT2D eigenvalue weighted by Crippen LogP contribution is -2.41. The first-order chi connectivity index (χ1) is 10.1. The van der Waals surface area contributed by atoms with Gasteiger partial charge in [-0.3, -0.25) is 4.90 Å². The molecule has 1 aromatic rings. The van der Waals surface area contributed by atoms with Crippen LogP contribution in [-0.4, -0.2) is 29.6 Å². The number of likely N-dealkylation sites (tertiary alicyclic amines) is 1. The van der Waals surface area contributed by atoms with Crippen molar-refractivity contribution in [3.63, 3.8) is 0 Å². The van der Waals surface area contributed by atoms with Crippen LogP contribution in [0.15, 0.2) is 24.3 Å². The first-order valence-corrected chi connectivity index (χ1v) is 8.30. The summed E-state index contributed by atoms with van der Waals surface area (Å²) in [5, 5.41) is 0. The van der Waals surface area contributed by atoms with Gasteiger partial charge in [-0.2, -0.15) is 0 Å². The van der Waals surface area contributed by atoms with E-state index >= 15 is 0 Å².